The fraction of sp³-hybridized carbons (Fsp3) is 0.538. The van der Waals surface area contributed by atoms with Gasteiger partial charge in [-0.05, 0) is 42.5 Å². The predicted molar refractivity (Wildman–Crippen MR) is 64.1 cm³/mol. The van der Waals surface area contributed by atoms with Crippen molar-refractivity contribution in [2.75, 3.05) is 7.11 Å². The van der Waals surface area contributed by atoms with Crippen LogP contribution in [0.5, 0.6) is 5.75 Å². The quantitative estimate of drug-likeness (QED) is 0.823. The van der Waals surface area contributed by atoms with Crippen molar-refractivity contribution in [2.45, 2.75) is 33.2 Å². The Kier molecular flexibility index (Phi) is 4.15. The Bertz CT molecular complexity index is 320. The van der Waals surface area contributed by atoms with E-state index in [0.717, 1.165) is 12.2 Å². The lowest BCUT2D eigenvalue weighted by Crippen LogP contribution is -2.14. The summed E-state index contributed by atoms with van der Waals surface area (Å²) in [5, 5.41) is 0. The van der Waals surface area contributed by atoms with Crippen molar-refractivity contribution >= 4 is 0 Å². The minimum absolute atomic E-state index is 0.135. The zero-order valence-electron chi connectivity index (χ0n) is 10.1. The Morgan fingerprint density at radius 2 is 2.00 bits per heavy atom. The number of hydrogen-bond acceptors (Lipinski definition) is 2. The largest absolute Gasteiger partial charge is 0.497 e. The van der Waals surface area contributed by atoms with Gasteiger partial charge in [0.05, 0.1) is 7.11 Å². The average molecular weight is 207 g/mol. The number of aryl methyl sites for hydroxylation is 1. The molecule has 1 rings (SSSR count). The highest BCUT2D eigenvalue weighted by atomic mass is 16.5. The molecular formula is C13H21NO. The lowest BCUT2D eigenvalue weighted by Gasteiger charge is -2.17. The molecule has 0 aliphatic heterocycles. The minimum Gasteiger partial charge on any atom is -0.497 e. The first-order valence-corrected chi connectivity index (χ1v) is 5.44. The van der Waals surface area contributed by atoms with E-state index in [-0.39, 0.29) is 6.04 Å². The maximum absolute atomic E-state index is 6.15. The SMILES string of the molecule is COc1ccc([C@@H](N)CC(C)C)c(C)c1. The summed E-state index contributed by atoms with van der Waals surface area (Å²) in [4.78, 5) is 0. The van der Waals surface area contributed by atoms with Crippen LogP contribution in [0.15, 0.2) is 18.2 Å². The molecule has 0 heterocycles. The molecule has 84 valence electrons. The summed E-state index contributed by atoms with van der Waals surface area (Å²) in [6.07, 6.45) is 1.02. The van der Waals surface area contributed by atoms with Gasteiger partial charge in [0.2, 0.25) is 0 Å². The number of rotatable bonds is 4. The molecule has 0 radical (unpaired) electrons. The molecule has 2 heteroatoms. The monoisotopic (exact) mass is 207 g/mol. The van der Waals surface area contributed by atoms with Crippen molar-refractivity contribution in [1.29, 1.82) is 0 Å². The second-order valence-corrected chi connectivity index (χ2v) is 4.46. The summed E-state index contributed by atoms with van der Waals surface area (Å²) >= 11 is 0. The fourth-order valence-corrected chi connectivity index (χ4v) is 1.83. The zero-order valence-corrected chi connectivity index (χ0v) is 10.1. The maximum Gasteiger partial charge on any atom is 0.119 e. The van der Waals surface area contributed by atoms with E-state index in [1.54, 1.807) is 7.11 Å². The van der Waals surface area contributed by atoms with Crippen molar-refractivity contribution in [1.82, 2.24) is 0 Å². The first kappa shape index (κ1) is 12.1. The normalized spacial score (nSPS) is 12.9. The summed E-state index contributed by atoms with van der Waals surface area (Å²) in [6, 6.07) is 6.22. The molecule has 0 saturated carbocycles. The van der Waals surface area contributed by atoms with Crippen molar-refractivity contribution in [3.8, 4) is 5.75 Å². The van der Waals surface area contributed by atoms with Gasteiger partial charge in [-0.1, -0.05) is 19.9 Å². The maximum atomic E-state index is 6.15. The first-order valence-electron chi connectivity index (χ1n) is 5.44. The second kappa shape index (κ2) is 5.17. The molecule has 0 aliphatic carbocycles. The third kappa shape index (κ3) is 3.24. The molecule has 0 aromatic heterocycles. The van der Waals surface area contributed by atoms with Gasteiger partial charge in [0.1, 0.15) is 5.75 Å². The van der Waals surface area contributed by atoms with E-state index in [0.29, 0.717) is 5.92 Å². The number of nitrogens with two attached hydrogens (primary N) is 1. The molecule has 0 saturated heterocycles. The van der Waals surface area contributed by atoms with Gasteiger partial charge in [-0.15, -0.1) is 0 Å². The van der Waals surface area contributed by atoms with Crippen molar-refractivity contribution in [3.05, 3.63) is 29.3 Å². The third-order valence-corrected chi connectivity index (χ3v) is 2.60. The van der Waals surface area contributed by atoms with Crippen LogP contribution in [0.1, 0.15) is 37.4 Å². The van der Waals surface area contributed by atoms with E-state index in [4.69, 9.17) is 10.5 Å². The summed E-state index contributed by atoms with van der Waals surface area (Å²) in [7, 11) is 1.68. The van der Waals surface area contributed by atoms with Gasteiger partial charge in [0, 0.05) is 6.04 Å². The van der Waals surface area contributed by atoms with Crippen molar-refractivity contribution in [2.24, 2.45) is 11.7 Å². The van der Waals surface area contributed by atoms with Crippen LogP contribution < -0.4 is 10.5 Å². The molecule has 1 aromatic carbocycles. The van der Waals surface area contributed by atoms with E-state index in [1.807, 2.05) is 12.1 Å². The van der Waals surface area contributed by atoms with Gasteiger partial charge in [-0.2, -0.15) is 0 Å². The van der Waals surface area contributed by atoms with E-state index in [9.17, 15) is 0 Å². The van der Waals surface area contributed by atoms with Crippen LogP contribution in [0.4, 0.5) is 0 Å². The van der Waals surface area contributed by atoms with Crippen LogP contribution in [0.3, 0.4) is 0 Å². The number of ether oxygens (including phenoxy) is 1. The molecule has 2 N–H and O–H groups in total. The molecule has 0 spiro atoms. The highest BCUT2D eigenvalue weighted by molar-refractivity contribution is 5.36. The van der Waals surface area contributed by atoms with Crippen molar-refractivity contribution in [3.63, 3.8) is 0 Å². The van der Waals surface area contributed by atoms with Gasteiger partial charge >= 0.3 is 0 Å². The molecule has 1 aromatic rings. The molecule has 0 amide bonds. The molecule has 0 unspecified atom stereocenters. The van der Waals surface area contributed by atoms with Crippen molar-refractivity contribution < 1.29 is 4.74 Å². The topological polar surface area (TPSA) is 35.2 Å². The highest BCUT2D eigenvalue weighted by Crippen LogP contribution is 2.25. The fourth-order valence-electron chi connectivity index (χ4n) is 1.83. The Morgan fingerprint density at radius 1 is 1.33 bits per heavy atom. The Labute approximate surface area is 92.4 Å². The second-order valence-electron chi connectivity index (χ2n) is 4.46. The first-order chi connectivity index (χ1) is 7.04. The average Bonchev–Trinajstić information content (AvgIpc) is 2.16. The summed E-state index contributed by atoms with van der Waals surface area (Å²) < 4.78 is 5.17. The predicted octanol–water partition coefficient (Wildman–Crippen LogP) is 3.05. The summed E-state index contributed by atoms with van der Waals surface area (Å²) in [6.45, 7) is 6.47. The van der Waals surface area contributed by atoms with E-state index >= 15 is 0 Å². The molecule has 0 aliphatic rings. The molecule has 15 heavy (non-hydrogen) atoms. The van der Waals surface area contributed by atoms with Gasteiger partial charge in [0.15, 0.2) is 0 Å². The lowest BCUT2D eigenvalue weighted by atomic mass is 9.94. The van der Waals surface area contributed by atoms with Crippen LogP contribution in [-0.4, -0.2) is 7.11 Å². The van der Waals surface area contributed by atoms with E-state index < -0.39 is 0 Å². The van der Waals surface area contributed by atoms with Crippen LogP contribution in [0.25, 0.3) is 0 Å². The van der Waals surface area contributed by atoms with E-state index in [2.05, 4.69) is 26.8 Å². The summed E-state index contributed by atoms with van der Waals surface area (Å²) in [5.74, 6) is 1.52. The van der Waals surface area contributed by atoms with Crippen LogP contribution in [0, 0.1) is 12.8 Å². The third-order valence-electron chi connectivity index (χ3n) is 2.60. The van der Waals surface area contributed by atoms with Crippen LogP contribution in [-0.2, 0) is 0 Å². The Morgan fingerprint density at radius 3 is 2.47 bits per heavy atom. The van der Waals surface area contributed by atoms with Crippen LogP contribution >= 0.6 is 0 Å². The van der Waals surface area contributed by atoms with Gasteiger partial charge in [-0.25, -0.2) is 0 Å². The number of hydrogen-bond donors (Lipinski definition) is 1. The molecule has 0 fully saturated rings. The minimum atomic E-state index is 0.135. The van der Waals surface area contributed by atoms with Crippen LogP contribution in [0.2, 0.25) is 0 Å². The smallest absolute Gasteiger partial charge is 0.119 e. The van der Waals surface area contributed by atoms with Gasteiger partial charge in [0.25, 0.3) is 0 Å². The molecular weight excluding hydrogens is 186 g/mol. The molecule has 2 nitrogen and oxygen atoms in total. The standard InChI is InChI=1S/C13H21NO/c1-9(2)7-13(14)12-6-5-11(15-4)8-10(12)3/h5-6,8-9,13H,7,14H2,1-4H3/t13-/m0/s1. The Hall–Kier alpha value is -1.02. The van der Waals surface area contributed by atoms with E-state index in [1.165, 1.54) is 11.1 Å². The summed E-state index contributed by atoms with van der Waals surface area (Å²) in [5.41, 5.74) is 8.58. The molecule has 0 bridgehead atoms. The van der Waals surface area contributed by atoms with Gasteiger partial charge < -0.3 is 10.5 Å². The van der Waals surface area contributed by atoms with Gasteiger partial charge in [-0.3, -0.25) is 0 Å². The number of methoxy groups -OCH3 is 1. The Balaban J connectivity index is 2.85. The molecule has 1 atom stereocenters. The number of benzene rings is 1. The zero-order chi connectivity index (χ0) is 11.4. The lowest BCUT2D eigenvalue weighted by molar-refractivity contribution is 0.414. The highest BCUT2D eigenvalue weighted by Gasteiger charge is 2.11.